The molecule has 0 amide bonds. The van der Waals surface area contributed by atoms with Crippen LogP contribution < -0.4 is 4.74 Å². The highest BCUT2D eigenvalue weighted by atomic mass is 19.1. The molecule has 17 heavy (non-hydrogen) atoms. The monoisotopic (exact) mass is 234 g/mol. The van der Waals surface area contributed by atoms with Crippen LogP contribution >= 0.6 is 0 Å². The summed E-state index contributed by atoms with van der Waals surface area (Å²) in [7, 11) is 1.57. The van der Waals surface area contributed by atoms with Crippen LogP contribution in [0.1, 0.15) is 25.6 Å². The van der Waals surface area contributed by atoms with E-state index in [0.717, 1.165) is 5.82 Å². The highest BCUT2D eigenvalue weighted by Gasteiger charge is 2.13. The first-order valence-corrected chi connectivity index (χ1v) is 5.50. The third kappa shape index (κ3) is 2.16. The van der Waals surface area contributed by atoms with Crippen LogP contribution in [0.2, 0.25) is 0 Å². The van der Waals surface area contributed by atoms with Crippen molar-refractivity contribution >= 4 is 0 Å². The highest BCUT2D eigenvalue weighted by molar-refractivity contribution is 5.48. The fraction of sp³-hybridized carbons (Fsp3) is 0.308. The smallest absolute Gasteiger partial charge is 0.143 e. The number of methoxy groups -OCH3 is 1. The average Bonchev–Trinajstić information content (AvgIpc) is 2.77. The lowest BCUT2D eigenvalue weighted by atomic mass is 10.2. The van der Waals surface area contributed by atoms with Crippen LogP contribution in [0.5, 0.6) is 5.75 Å². The maximum atomic E-state index is 13.3. The highest BCUT2D eigenvalue weighted by Crippen LogP contribution is 2.26. The predicted molar refractivity (Wildman–Crippen MR) is 64.2 cm³/mol. The summed E-state index contributed by atoms with van der Waals surface area (Å²) in [6.07, 6.45) is 3.52. The molecule has 4 heteroatoms. The van der Waals surface area contributed by atoms with Gasteiger partial charge < -0.3 is 4.74 Å². The number of hydrogen-bond acceptors (Lipinski definition) is 2. The molecule has 0 spiro atoms. The summed E-state index contributed by atoms with van der Waals surface area (Å²) in [6.45, 7) is 4.09. The number of imidazole rings is 1. The van der Waals surface area contributed by atoms with Gasteiger partial charge in [0.1, 0.15) is 17.4 Å². The van der Waals surface area contributed by atoms with E-state index in [-0.39, 0.29) is 11.7 Å². The molecular weight excluding hydrogens is 219 g/mol. The number of hydrogen-bond donors (Lipinski definition) is 0. The first kappa shape index (κ1) is 11.6. The van der Waals surface area contributed by atoms with Crippen molar-refractivity contribution in [2.45, 2.75) is 19.8 Å². The predicted octanol–water partition coefficient (Wildman–Crippen LogP) is 3.14. The lowest BCUT2D eigenvalue weighted by molar-refractivity contribution is 0.411. The van der Waals surface area contributed by atoms with Crippen LogP contribution in [-0.2, 0) is 0 Å². The van der Waals surface area contributed by atoms with Gasteiger partial charge in [0, 0.05) is 24.4 Å². The number of ether oxygens (including phenoxy) is 1. The van der Waals surface area contributed by atoms with Crippen molar-refractivity contribution in [3.63, 3.8) is 0 Å². The Morgan fingerprint density at radius 3 is 2.76 bits per heavy atom. The molecule has 0 fully saturated rings. The fourth-order valence-corrected chi connectivity index (χ4v) is 1.80. The molecule has 0 saturated heterocycles. The van der Waals surface area contributed by atoms with Gasteiger partial charge in [0.15, 0.2) is 0 Å². The first-order chi connectivity index (χ1) is 8.13. The van der Waals surface area contributed by atoms with Crippen LogP contribution in [0.15, 0.2) is 30.6 Å². The first-order valence-electron chi connectivity index (χ1n) is 5.50. The summed E-state index contributed by atoms with van der Waals surface area (Å²) in [5.74, 6) is 1.49. The van der Waals surface area contributed by atoms with Gasteiger partial charge in [-0.15, -0.1) is 0 Å². The van der Waals surface area contributed by atoms with Gasteiger partial charge in [0.25, 0.3) is 0 Å². The summed E-state index contributed by atoms with van der Waals surface area (Å²) in [4.78, 5) is 4.28. The van der Waals surface area contributed by atoms with E-state index in [1.54, 1.807) is 19.4 Å². The van der Waals surface area contributed by atoms with E-state index in [9.17, 15) is 4.39 Å². The van der Waals surface area contributed by atoms with Gasteiger partial charge in [-0.2, -0.15) is 0 Å². The topological polar surface area (TPSA) is 27.1 Å². The number of rotatable bonds is 3. The minimum absolute atomic E-state index is 0.262. The molecule has 90 valence electrons. The number of nitrogens with zero attached hydrogens (tertiary/aromatic N) is 2. The lowest BCUT2D eigenvalue weighted by Gasteiger charge is -2.13. The third-order valence-corrected chi connectivity index (χ3v) is 2.59. The van der Waals surface area contributed by atoms with Gasteiger partial charge in [-0.1, -0.05) is 13.8 Å². The molecule has 1 heterocycles. The largest absolute Gasteiger partial charge is 0.495 e. The molecule has 0 aliphatic heterocycles. The zero-order valence-electron chi connectivity index (χ0n) is 10.1. The SMILES string of the molecule is COc1ccc(F)cc1-n1ccnc1C(C)C. The van der Waals surface area contributed by atoms with Crippen LogP contribution in [0.3, 0.4) is 0 Å². The van der Waals surface area contributed by atoms with E-state index in [1.807, 2.05) is 24.6 Å². The van der Waals surface area contributed by atoms with E-state index in [1.165, 1.54) is 12.1 Å². The maximum absolute atomic E-state index is 13.3. The molecule has 1 aromatic heterocycles. The summed E-state index contributed by atoms with van der Waals surface area (Å²) in [6, 6.07) is 4.45. The van der Waals surface area contributed by atoms with Gasteiger partial charge >= 0.3 is 0 Å². The van der Waals surface area contributed by atoms with Gasteiger partial charge in [-0.25, -0.2) is 9.37 Å². The van der Waals surface area contributed by atoms with E-state index in [0.29, 0.717) is 11.4 Å². The summed E-state index contributed by atoms with van der Waals surface area (Å²) in [5.41, 5.74) is 0.675. The van der Waals surface area contributed by atoms with Crippen LogP contribution in [0, 0.1) is 5.82 Å². The standard InChI is InChI=1S/C13H15FN2O/c1-9(2)13-15-6-7-16(13)11-8-10(14)4-5-12(11)17-3/h4-9H,1-3H3. The van der Waals surface area contributed by atoms with Crippen LogP contribution in [-0.4, -0.2) is 16.7 Å². The van der Waals surface area contributed by atoms with E-state index in [2.05, 4.69) is 4.98 Å². The molecule has 0 saturated carbocycles. The molecular formula is C13H15FN2O. The minimum atomic E-state index is -0.288. The molecule has 0 atom stereocenters. The second-order valence-electron chi connectivity index (χ2n) is 4.13. The Morgan fingerprint density at radius 1 is 1.35 bits per heavy atom. The quantitative estimate of drug-likeness (QED) is 0.815. The number of halogens is 1. The molecule has 1 aromatic carbocycles. The fourth-order valence-electron chi connectivity index (χ4n) is 1.80. The van der Waals surface area contributed by atoms with Crippen molar-refractivity contribution in [3.05, 3.63) is 42.2 Å². The Hall–Kier alpha value is -1.84. The third-order valence-electron chi connectivity index (χ3n) is 2.59. The molecule has 2 aromatic rings. The van der Waals surface area contributed by atoms with Crippen molar-refractivity contribution in [2.24, 2.45) is 0 Å². The Morgan fingerprint density at radius 2 is 2.12 bits per heavy atom. The minimum Gasteiger partial charge on any atom is -0.495 e. The Kier molecular flexibility index (Phi) is 3.13. The molecule has 0 aliphatic carbocycles. The molecule has 2 rings (SSSR count). The normalized spacial score (nSPS) is 10.9. The molecule has 3 nitrogen and oxygen atoms in total. The van der Waals surface area contributed by atoms with Gasteiger partial charge in [-0.05, 0) is 12.1 Å². The van der Waals surface area contributed by atoms with Crippen LogP contribution in [0.25, 0.3) is 5.69 Å². The number of aromatic nitrogens is 2. The Labute approximate surface area is 99.9 Å². The number of benzene rings is 1. The van der Waals surface area contributed by atoms with E-state index in [4.69, 9.17) is 4.74 Å². The summed E-state index contributed by atoms with van der Waals surface area (Å²) < 4.78 is 20.4. The van der Waals surface area contributed by atoms with Crippen molar-refractivity contribution in [3.8, 4) is 11.4 Å². The molecule has 0 aliphatic rings. The lowest BCUT2D eigenvalue weighted by Crippen LogP contribution is -2.04. The van der Waals surface area contributed by atoms with Gasteiger partial charge in [-0.3, -0.25) is 4.57 Å². The van der Waals surface area contributed by atoms with E-state index < -0.39 is 0 Å². The molecule has 0 radical (unpaired) electrons. The van der Waals surface area contributed by atoms with Gasteiger partial charge in [0.05, 0.1) is 12.8 Å². The summed E-state index contributed by atoms with van der Waals surface area (Å²) in [5, 5.41) is 0. The van der Waals surface area contributed by atoms with E-state index >= 15 is 0 Å². The van der Waals surface area contributed by atoms with Gasteiger partial charge in [0.2, 0.25) is 0 Å². The molecule has 0 unspecified atom stereocenters. The Balaban J connectivity index is 2.59. The molecule has 0 bridgehead atoms. The molecule has 0 N–H and O–H groups in total. The van der Waals surface area contributed by atoms with Crippen molar-refractivity contribution < 1.29 is 9.13 Å². The maximum Gasteiger partial charge on any atom is 0.143 e. The van der Waals surface area contributed by atoms with Crippen molar-refractivity contribution in [1.82, 2.24) is 9.55 Å². The average molecular weight is 234 g/mol. The van der Waals surface area contributed by atoms with Crippen molar-refractivity contribution in [2.75, 3.05) is 7.11 Å². The summed E-state index contributed by atoms with van der Waals surface area (Å²) >= 11 is 0. The second kappa shape index (κ2) is 4.57. The zero-order valence-corrected chi connectivity index (χ0v) is 10.1. The zero-order chi connectivity index (χ0) is 12.4. The van der Waals surface area contributed by atoms with Crippen LogP contribution in [0.4, 0.5) is 4.39 Å². The second-order valence-corrected chi connectivity index (χ2v) is 4.13. The Bertz CT molecular complexity index is 520. The van der Waals surface area contributed by atoms with Crippen molar-refractivity contribution in [1.29, 1.82) is 0 Å².